The number of rotatable bonds is 6. The smallest absolute Gasteiger partial charge is 0.260 e. The summed E-state index contributed by atoms with van der Waals surface area (Å²) in [4.78, 5) is 27.4. The van der Waals surface area contributed by atoms with Gasteiger partial charge >= 0.3 is 0 Å². The van der Waals surface area contributed by atoms with Gasteiger partial charge in [-0.3, -0.25) is 9.59 Å². The third kappa shape index (κ3) is 4.87. The molecule has 1 saturated carbocycles. The van der Waals surface area contributed by atoms with E-state index in [1.54, 1.807) is 12.1 Å². The molecule has 2 aromatic rings. The number of benzene rings is 2. The summed E-state index contributed by atoms with van der Waals surface area (Å²) in [6.45, 7) is 1.68. The zero-order valence-corrected chi connectivity index (χ0v) is 18.5. The number of carbonyl (C=O) groups is 2. The molecule has 164 valence electrons. The van der Waals surface area contributed by atoms with Gasteiger partial charge in [0.25, 0.3) is 5.91 Å². The van der Waals surface area contributed by atoms with Gasteiger partial charge in [0.2, 0.25) is 5.91 Å². The maximum absolute atomic E-state index is 13.4. The molecule has 0 aromatic heterocycles. The Morgan fingerprint density at radius 1 is 0.935 bits per heavy atom. The summed E-state index contributed by atoms with van der Waals surface area (Å²) in [5, 5.41) is 3.73. The molecule has 4 rings (SSSR count). The van der Waals surface area contributed by atoms with Crippen molar-refractivity contribution < 1.29 is 14.3 Å². The Morgan fingerprint density at radius 3 is 2.29 bits per heavy atom. The Bertz CT molecular complexity index is 917. The van der Waals surface area contributed by atoms with Crippen molar-refractivity contribution in [3.8, 4) is 5.75 Å². The highest BCUT2D eigenvalue weighted by Gasteiger charge is 2.42. The number of hydrogen-bond acceptors (Lipinski definition) is 3. The second-order valence-electron chi connectivity index (χ2n) is 8.48. The second-order valence-corrected chi connectivity index (χ2v) is 8.88. The van der Waals surface area contributed by atoms with E-state index in [0.717, 1.165) is 63.6 Å². The summed E-state index contributed by atoms with van der Waals surface area (Å²) in [5.74, 6) is 0.621. The molecule has 1 heterocycles. The van der Waals surface area contributed by atoms with E-state index in [9.17, 15) is 9.59 Å². The third-order valence-electron chi connectivity index (χ3n) is 6.46. The van der Waals surface area contributed by atoms with Crippen LogP contribution in [0.1, 0.15) is 50.5 Å². The van der Waals surface area contributed by atoms with Crippen molar-refractivity contribution in [3.63, 3.8) is 0 Å². The summed E-state index contributed by atoms with van der Waals surface area (Å²) in [6.07, 6.45) is 6.88. The summed E-state index contributed by atoms with van der Waals surface area (Å²) in [7, 11) is 0. The van der Waals surface area contributed by atoms with Crippen LogP contribution in [0.25, 0.3) is 0 Å². The van der Waals surface area contributed by atoms with Crippen LogP contribution in [0.2, 0.25) is 5.02 Å². The maximum Gasteiger partial charge on any atom is 0.260 e. The molecule has 0 radical (unpaired) electrons. The van der Waals surface area contributed by atoms with E-state index in [1.165, 1.54) is 0 Å². The summed E-state index contributed by atoms with van der Waals surface area (Å²) in [5.41, 5.74) is 1.02. The number of amides is 2. The Labute approximate surface area is 188 Å². The predicted octanol–water partition coefficient (Wildman–Crippen LogP) is 5.18. The first-order valence-corrected chi connectivity index (χ1v) is 11.5. The van der Waals surface area contributed by atoms with Gasteiger partial charge in [0.15, 0.2) is 6.61 Å². The molecule has 0 spiro atoms. The zero-order valence-electron chi connectivity index (χ0n) is 17.7. The minimum absolute atomic E-state index is 0.0156. The lowest BCUT2D eigenvalue weighted by atomic mass is 9.68. The lowest BCUT2D eigenvalue weighted by molar-refractivity contribution is -0.132. The van der Waals surface area contributed by atoms with E-state index < -0.39 is 5.41 Å². The van der Waals surface area contributed by atoms with Crippen LogP contribution >= 0.6 is 11.6 Å². The van der Waals surface area contributed by atoms with Crippen molar-refractivity contribution in [2.75, 3.05) is 25.0 Å². The van der Waals surface area contributed by atoms with Crippen molar-refractivity contribution in [1.29, 1.82) is 0 Å². The molecular weight excluding hydrogens is 412 g/mol. The van der Waals surface area contributed by atoms with Crippen LogP contribution in [-0.4, -0.2) is 36.4 Å². The largest absolute Gasteiger partial charge is 0.484 e. The van der Waals surface area contributed by atoms with Crippen LogP contribution in [0.4, 0.5) is 5.69 Å². The van der Waals surface area contributed by atoms with Crippen LogP contribution in [0, 0.1) is 0 Å². The number of halogens is 1. The molecule has 1 N–H and O–H groups in total. The Morgan fingerprint density at radius 2 is 1.61 bits per heavy atom. The highest BCUT2D eigenvalue weighted by Crippen LogP contribution is 2.43. The average molecular weight is 441 g/mol. The molecule has 0 atom stereocenters. The molecule has 2 amide bonds. The van der Waals surface area contributed by atoms with E-state index in [0.29, 0.717) is 16.5 Å². The molecule has 2 fully saturated rings. The lowest BCUT2D eigenvalue weighted by Gasteiger charge is -2.37. The lowest BCUT2D eigenvalue weighted by Crippen LogP contribution is -2.42. The van der Waals surface area contributed by atoms with Crippen LogP contribution in [0.15, 0.2) is 48.5 Å². The van der Waals surface area contributed by atoms with Crippen molar-refractivity contribution in [1.82, 2.24) is 4.90 Å². The van der Waals surface area contributed by atoms with E-state index in [2.05, 4.69) is 5.32 Å². The van der Waals surface area contributed by atoms with Crippen LogP contribution in [-0.2, 0) is 15.0 Å². The molecule has 0 bridgehead atoms. The monoisotopic (exact) mass is 440 g/mol. The molecule has 6 heteroatoms. The molecule has 0 unspecified atom stereocenters. The Kier molecular flexibility index (Phi) is 6.81. The molecule has 31 heavy (non-hydrogen) atoms. The standard InChI is InChI=1S/C25H29ClN2O3/c26-22-9-3-2-8-21(22)25(14-4-1-5-15-25)24(30)27-19-10-12-20(13-11-19)31-18-23(29)28-16-6-7-17-28/h2-3,8-13H,1,4-7,14-18H2,(H,27,30). The molecule has 1 saturated heterocycles. The number of carbonyl (C=O) groups excluding carboxylic acids is 2. The van der Waals surface area contributed by atoms with Crippen LogP contribution < -0.4 is 10.1 Å². The van der Waals surface area contributed by atoms with Gasteiger partial charge in [-0.25, -0.2) is 0 Å². The predicted molar refractivity (Wildman–Crippen MR) is 123 cm³/mol. The summed E-state index contributed by atoms with van der Waals surface area (Å²) < 4.78 is 5.64. The van der Waals surface area contributed by atoms with Crippen molar-refractivity contribution in [3.05, 3.63) is 59.1 Å². The Hall–Kier alpha value is -2.53. The van der Waals surface area contributed by atoms with Gasteiger partial charge in [0.05, 0.1) is 5.41 Å². The Balaban J connectivity index is 1.42. The highest BCUT2D eigenvalue weighted by molar-refractivity contribution is 6.31. The van der Waals surface area contributed by atoms with Crippen molar-refractivity contribution in [2.24, 2.45) is 0 Å². The fourth-order valence-corrected chi connectivity index (χ4v) is 5.03. The molecular formula is C25H29ClN2O3. The van der Waals surface area contributed by atoms with Gasteiger partial charge in [-0.1, -0.05) is 49.1 Å². The van der Waals surface area contributed by atoms with Gasteiger partial charge in [0.1, 0.15) is 5.75 Å². The quantitative estimate of drug-likeness (QED) is 0.673. The number of ether oxygens (including phenoxy) is 1. The first-order valence-electron chi connectivity index (χ1n) is 11.2. The molecule has 2 aromatic carbocycles. The number of likely N-dealkylation sites (tertiary alicyclic amines) is 1. The topological polar surface area (TPSA) is 58.6 Å². The second kappa shape index (κ2) is 9.73. The highest BCUT2D eigenvalue weighted by atomic mass is 35.5. The number of nitrogens with one attached hydrogen (secondary N) is 1. The molecule has 5 nitrogen and oxygen atoms in total. The first kappa shape index (κ1) is 21.7. The van der Waals surface area contributed by atoms with E-state index in [-0.39, 0.29) is 18.4 Å². The van der Waals surface area contributed by atoms with Gasteiger partial charge in [-0.2, -0.15) is 0 Å². The fraction of sp³-hybridized carbons (Fsp3) is 0.440. The van der Waals surface area contributed by atoms with Gasteiger partial charge in [0, 0.05) is 23.8 Å². The van der Waals surface area contributed by atoms with E-state index in [4.69, 9.17) is 16.3 Å². The van der Waals surface area contributed by atoms with Crippen LogP contribution in [0.3, 0.4) is 0 Å². The summed E-state index contributed by atoms with van der Waals surface area (Å²) >= 11 is 6.49. The molecule has 1 aliphatic heterocycles. The minimum atomic E-state index is -0.603. The van der Waals surface area contributed by atoms with E-state index >= 15 is 0 Å². The average Bonchev–Trinajstić information content (AvgIpc) is 3.34. The maximum atomic E-state index is 13.4. The van der Waals surface area contributed by atoms with Gasteiger partial charge in [-0.15, -0.1) is 0 Å². The molecule has 1 aliphatic carbocycles. The SMILES string of the molecule is O=C(COc1ccc(NC(=O)C2(c3ccccc3Cl)CCCCC2)cc1)N1CCCC1. The number of nitrogens with zero attached hydrogens (tertiary/aromatic N) is 1. The number of anilines is 1. The fourth-order valence-electron chi connectivity index (χ4n) is 4.71. The van der Waals surface area contributed by atoms with Crippen molar-refractivity contribution in [2.45, 2.75) is 50.4 Å². The zero-order chi connectivity index (χ0) is 21.7. The molecule has 2 aliphatic rings. The first-order chi connectivity index (χ1) is 15.1. The summed E-state index contributed by atoms with van der Waals surface area (Å²) in [6, 6.07) is 14.9. The van der Waals surface area contributed by atoms with Gasteiger partial charge in [-0.05, 0) is 61.6 Å². The number of hydrogen-bond donors (Lipinski definition) is 1. The minimum Gasteiger partial charge on any atom is -0.484 e. The normalized spacial score (nSPS) is 17.9. The van der Waals surface area contributed by atoms with E-state index in [1.807, 2.05) is 41.3 Å². The van der Waals surface area contributed by atoms with Crippen molar-refractivity contribution >= 4 is 29.1 Å². The third-order valence-corrected chi connectivity index (χ3v) is 6.79. The van der Waals surface area contributed by atoms with Gasteiger partial charge < -0.3 is 15.0 Å². The van der Waals surface area contributed by atoms with Crippen LogP contribution in [0.5, 0.6) is 5.75 Å².